The smallest absolute Gasteiger partial charge is 0.321 e. The van der Waals surface area contributed by atoms with Crippen LogP contribution in [0.25, 0.3) is 0 Å². The summed E-state index contributed by atoms with van der Waals surface area (Å²) >= 11 is 0. The number of aromatic nitrogens is 1. The van der Waals surface area contributed by atoms with E-state index in [1.807, 2.05) is 0 Å². The summed E-state index contributed by atoms with van der Waals surface area (Å²) in [6, 6.07) is -0.936. The molecular weight excluding hydrogens is 148 g/mol. The Morgan fingerprint density at radius 2 is 2.64 bits per heavy atom. The highest BCUT2D eigenvalue weighted by Crippen LogP contribution is 1.97. The summed E-state index contributed by atoms with van der Waals surface area (Å²) in [5.74, 6) is -0.705. The number of aliphatic carboxylic acids is 1. The number of hydrogen-bond acceptors (Lipinski definition) is 4. The molecule has 0 saturated heterocycles. The number of hydrogen-bond donors (Lipinski definition) is 2. The van der Waals surface area contributed by atoms with E-state index in [-0.39, 0.29) is 6.42 Å². The normalized spacial score (nSPS) is 12.8. The maximum Gasteiger partial charge on any atom is 0.321 e. The molecule has 0 aliphatic heterocycles. The Morgan fingerprint density at radius 1 is 1.91 bits per heavy atom. The van der Waals surface area contributed by atoms with Crippen molar-refractivity contribution in [3.63, 3.8) is 0 Å². The lowest BCUT2D eigenvalue weighted by Gasteiger charge is -2.00. The molecule has 0 aliphatic rings. The van der Waals surface area contributed by atoms with Crippen LogP contribution in [-0.4, -0.2) is 22.1 Å². The molecule has 1 heterocycles. The molecule has 0 saturated carbocycles. The van der Waals surface area contributed by atoms with Crippen LogP contribution in [0.1, 0.15) is 5.89 Å². The van der Waals surface area contributed by atoms with Gasteiger partial charge in [0.05, 0.1) is 12.6 Å². The first-order chi connectivity index (χ1) is 5.20. The molecule has 3 N–H and O–H groups in total. The lowest BCUT2D eigenvalue weighted by Crippen LogP contribution is -2.32. The number of oxazole rings is 1. The Morgan fingerprint density at radius 3 is 3.09 bits per heavy atom. The Balaban J connectivity index is 2.50. The molecule has 0 aromatic carbocycles. The minimum atomic E-state index is -1.05. The van der Waals surface area contributed by atoms with Crippen molar-refractivity contribution in [3.8, 4) is 0 Å². The first-order valence-electron chi connectivity index (χ1n) is 3.07. The second-order valence-corrected chi connectivity index (χ2v) is 2.07. The van der Waals surface area contributed by atoms with Gasteiger partial charge in [0.1, 0.15) is 12.3 Å². The quantitative estimate of drug-likeness (QED) is 0.623. The summed E-state index contributed by atoms with van der Waals surface area (Å²) in [5, 5.41) is 8.39. The van der Waals surface area contributed by atoms with Gasteiger partial charge in [0.25, 0.3) is 0 Å². The second kappa shape index (κ2) is 3.16. The highest BCUT2D eigenvalue weighted by Gasteiger charge is 2.13. The molecule has 1 aromatic heterocycles. The maximum absolute atomic E-state index is 10.2. The van der Waals surface area contributed by atoms with Crippen LogP contribution in [0.4, 0.5) is 0 Å². The summed E-state index contributed by atoms with van der Waals surface area (Å²) in [5.41, 5.74) is 5.21. The van der Waals surface area contributed by atoms with Crippen molar-refractivity contribution in [2.24, 2.45) is 5.73 Å². The molecule has 1 rings (SSSR count). The summed E-state index contributed by atoms with van der Waals surface area (Å²) in [4.78, 5) is 14.0. The molecule has 5 heteroatoms. The molecule has 5 nitrogen and oxygen atoms in total. The van der Waals surface area contributed by atoms with Crippen molar-refractivity contribution < 1.29 is 14.3 Å². The monoisotopic (exact) mass is 156 g/mol. The van der Waals surface area contributed by atoms with Crippen LogP contribution >= 0.6 is 0 Å². The van der Waals surface area contributed by atoms with Gasteiger partial charge in [-0.3, -0.25) is 4.79 Å². The van der Waals surface area contributed by atoms with Crippen molar-refractivity contribution in [1.82, 2.24) is 4.98 Å². The minimum Gasteiger partial charge on any atom is -0.480 e. The Labute approximate surface area is 62.8 Å². The SMILES string of the molecule is N[C@@H](Cc1ncco1)C(=O)O. The van der Waals surface area contributed by atoms with Crippen molar-refractivity contribution >= 4 is 5.97 Å². The van der Waals surface area contributed by atoms with Crippen molar-refractivity contribution in [2.75, 3.05) is 0 Å². The van der Waals surface area contributed by atoms with Gasteiger partial charge in [0.15, 0.2) is 5.89 Å². The zero-order valence-electron chi connectivity index (χ0n) is 5.73. The average molecular weight is 156 g/mol. The molecule has 0 unspecified atom stereocenters. The van der Waals surface area contributed by atoms with Crippen molar-refractivity contribution in [1.29, 1.82) is 0 Å². The Bertz CT molecular complexity index is 232. The standard InChI is InChI=1S/C6H8N2O3/c7-4(6(9)10)3-5-8-1-2-11-5/h1-2,4H,3,7H2,(H,9,10)/t4-/m0/s1. The number of carbonyl (C=O) groups is 1. The van der Waals surface area contributed by atoms with Crippen LogP contribution in [-0.2, 0) is 11.2 Å². The van der Waals surface area contributed by atoms with E-state index in [1.54, 1.807) is 0 Å². The first-order valence-corrected chi connectivity index (χ1v) is 3.07. The van der Waals surface area contributed by atoms with Crippen LogP contribution in [0.3, 0.4) is 0 Å². The third kappa shape index (κ3) is 2.05. The molecule has 60 valence electrons. The zero-order chi connectivity index (χ0) is 8.27. The molecule has 0 bridgehead atoms. The number of nitrogens with two attached hydrogens (primary N) is 1. The molecule has 11 heavy (non-hydrogen) atoms. The number of carboxylic acid groups (broad SMARTS) is 1. The van der Waals surface area contributed by atoms with Gasteiger partial charge in [-0.15, -0.1) is 0 Å². The van der Waals surface area contributed by atoms with E-state index in [2.05, 4.69) is 4.98 Å². The lowest BCUT2D eigenvalue weighted by molar-refractivity contribution is -0.138. The largest absolute Gasteiger partial charge is 0.480 e. The molecule has 0 spiro atoms. The van der Waals surface area contributed by atoms with Gasteiger partial charge in [-0.25, -0.2) is 4.98 Å². The Kier molecular flexibility index (Phi) is 2.22. The summed E-state index contributed by atoms with van der Waals surface area (Å²) in [7, 11) is 0. The molecule has 0 radical (unpaired) electrons. The van der Waals surface area contributed by atoms with Crippen LogP contribution < -0.4 is 5.73 Å². The lowest BCUT2D eigenvalue weighted by atomic mass is 10.2. The predicted molar refractivity (Wildman–Crippen MR) is 35.8 cm³/mol. The molecule has 1 aromatic rings. The second-order valence-electron chi connectivity index (χ2n) is 2.07. The third-order valence-electron chi connectivity index (χ3n) is 1.20. The molecule has 0 aliphatic carbocycles. The first kappa shape index (κ1) is 7.74. The fourth-order valence-electron chi connectivity index (χ4n) is 0.629. The molecular formula is C6H8N2O3. The third-order valence-corrected chi connectivity index (χ3v) is 1.20. The van der Waals surface area contributed by atoms with E-state index in [0.29, 0.717) is 5.89 Å². The van der Waals surface area contributed by atoms with E-state index in [0.717, 1.165) is 0 Å². The van der Waals surface area contributed by atoms with Crippen LogP contribution in [0.5, 0.6) is 0 Å². The van der Waals surface area contributed by atoms with Gasteiger partial charge in [-0.1, -0.05) is 0 Å². The van der Waals surface area contributed by atoms with Gasteiger partial charge < -0.3 is 15.3 Å². The highest BCUT2D eigenvalue weighted by molar-refractivity contribution is 5.73. The summed E-state index contributed by atoms with van der Waals surface area (Å²) in [6.45, 7) is 0. The highest BCUT2D eigenvalue weighted by atomic mass is 16.4. The minimum absolute atomic E-state index is 0.127. The molecule has 0 amide bonds. The fourth-order valence-corrected chi connectivity index (χ4v) is 0.629. The van der Waals surface area contributed by atoms with Crippen molar-refractivity contribution in [2.45, 2.75) is 12.5 Å². The predicted octanol–water partition coefficient (Wildman–Crippen LogP) is -0.371. The van der Waals surface area contributed by atoms with Gasteiger partial charge in [0, 0.05) is 0 Å². The van der Waals surface area contributed by atoms with Crippen molar-refractivity contribution in [3.05, 3.63) is 18.4 Å². The van der Waals surface area contributed by atoms with Crippen LogP contribution in [0.2, 0.25) is 0 Å². The molecule has 1 atom stereocenters. The van der Waals surface area contributed by atoms with Crippen LogP contribution in [0.15, 0.2) is 16.9 Å². The van der Waals surface area contributed by atoms with Gasteiger partial charge in [-0.05, 0) is 0 Å². The number of rotatable bonds is 3. The Hall–Kier alpha value is -1.36. The fraction of sp³-hybridized carbons (Fsp3) is 0.333. The van der Waals surface area contributed by atoms with Gasteiger partial charge >= 0.3 is 5.97 Å². The summed E-state index contributed by atoms with van der Waals surface area (Å²) in [6.07, 6.45) is 2.95. The topological polar surface area (TPSA) is 89.4 Å². The average Bonchev–Trinajstić information content (AvgIpc) is 2.39. The van der Waals surface area contributed by atoms with E-state index >= 15 is 0 Å². The van der Waals surface area contributed by atoms with Gasteiger partial charge in [0.2, 0.25) is 0 Å². The van der Waals surface area contributed by atoms with E-state index in [4.69, 9.17) is 15.3 Å². The van der Waals surface area contributed by atoms with Crippen LogP contribution in [0, 0.1) is 0 Å². The van der Waals surface area contributed by atoms with E-state index in [1.165, 1.54) is 12.5 Å². The van der Waals surface area contributed by atoms with E-state index in [9.17, 15) is 4.79 Å². The van der Waals surface area contributed by atoms with Gasteiger partial charge in [-0.2, -0.15) is 0 Å². The van der Waals surface area contributed by atoms with E-state index < -0.39 is 12.0 Å². The summed E-state index contributed by atoms with van der Waals surface area (Å²) < 4.78 is 4.80. The zero-order valence-corrected chi connectivity index (χ0v) is 5.73. The number of carboxylic acids is 1. The maximum atomic E-state index is 10.2. The molecule has 0 fully saturated rings. The number of nitrogens with zero attached hydrogens (tertiary/aromatic N) is 1.